The molecule has 0 aliphatic heterocycles. The van der Waals surface area contributed by atoms with E-state index in [1.165, 1.54) is 4.88 Å². The van der Waals surface area contributed by atoms with E-state index in [4.69, 9.17) is 0 Å². The highest BCUT2D eigenvalue weighted by molar-refractivity contribution is 7.11. The van der Waals surface area contributed by atoms with Gasteiger partial charge in [-0.05, 0) is 27.7 Å². The number of nitro benzene ring substituents is 1. The van der Waals surface area contributed by atoms with Crippen LogP contribution in [-0.2, 0) is 0 Å². The van der Waals surface area contributed by atoms with Gasteiger partial charge in [0.25, 0.3) is 5.69 Å². The average molecular weight is 305 g/mol. The summed E-state index contributed by atoms with van der Waals surface area (Å²) in [7, 11) is 0. The lowest BCUT2D eigenvalue weighted by Gasteiger charge is -2.19. The maximum absolute atomic E-state index is 11.1. The van der Waals surface area contributed by atoms with E-state index < -0.39 is 0 Å². The lowest BCUT2D eigenvalue weighted by Crippen LogP contribution is -2.23. The highest BCUT2D eigenvalue weighted by atomic mass is 32.1. The van der Waals surface area contributed by atoms with Gasteiger partial charge in [-0.15, -0.1) is 11.3 Å². The molecular weight excluding hydrogens is 286 g/mol. The summed E-state index contributed by atoms with van der Waals surface area (Å²) in [5.41, 5.74) is 1.88. The number of aryl methyl sites for hydroxylation is 2. The average Bonchev–Trinajstić information content (AvgIpc) is 2.77. The molecule has 2 rings (SSSR count). The number of benzene rings is 1. The van der Waals surface area contributed by atoms with Crippen LogP contribution in [0.4, 0.5) is 5.69 Å². The van der Waals surface area contributed by atoms with E-state index in [2.05, 4.69) is 17.2 Å². The monoisotopic (exact) mass is 305 g/mol. The predicted molar refractivity (Wildman–Crippen MR) is 84.7 cm³/mol. The second kappa shape index (κ2) is 6.32. The summed E-state index contributed by atoms with van der Waals surface area (Å²) in [4.78, 5) is 16.4. The van der Waals surface area contributed by atoms with E-state index >= 15 is 0 Å². The third-order valence-electron chi connectivity index (χ3n) is 3.43. The molecule has 0 bridgehead atoms. The van der Waals surface area contributed by atoms with E-state index in [9.17, 15) is 10.1 Å². The molecule has 112 valence electrons. The Bertz CT molecular complexity index is 654. The zero-order valence-corrected chi connectivity index (χ0v) is 13.4. The van der Waals surface area contributed by atoms with Crippen LogP contribution in [0.5, 0.6) is 0 Å². The molecule has 0 saturated carbocycles. The van der Waals surface area contributed by atoms with Gasteiger partial charge in [-0.25, -0.2) is 4.98 Å². The first-order valence-corrected chi connectivity index (χ1v) is 7.65. The Morgan fingerprint density at radius 2 is 1.90 bits per heavy atom. The summed E-state index contributed by atoms with van der Waals surface area (Å²) < 4.78 is 0. The summed E-state index contributed by atoms with van der Waals surface area (Å²) in [6.07, 6.45) is 0. The minimum absolute atomic E-state index is 0.103. The van der Waals surface area contributed by atoms with Crippen LogP contribution in [0.1, 0.15) is 47.1 Å². The molecule has 1 aromatic heterocycles. The summed E-state index contributed by atoms with van der Waals surface area (Å²) in [5, 5.41) is 15.6. The second-order valence-corrected chi connectivity index (χ2v) is 6.34. The third kappa shape index (κ3) is 3.46. The standard InChI is InChI=1S/C15H19N3O2S/c1-9(13-7-5-6-8-14(13)18(19)20)16-10(2)15-11(3)17-12(4)21-15/h5-10,16H,1-4H3. The molecule has 0 aliphatic rings. The fraction of sp³-hybridized carbons (Fsp3) is 0.400. The first-order chi connectivity index (χ1) is 9.90. The number of nitrogens with zero attached hydrogens (tertiary/aromatic N) is 2. The largest absolute Gasteiger partial charge is 0.303 e. The van der Waals surface area contributed by atoms with Crippen molar-refractivity contribution in [1.29, 1.82) is 0 Å². The Labute approximate surface area is 128 Å². The zero-order valence-electron chi connectivity index (χ0n) is 12.6. The minimum atomic E-state index is -0.333. The first kappa shape index (κ1) is 15.6. The van der Waals surface area contributed by atoms with E-state index in [1.54, 1.807) is 29.5 Å². The molecule has 1 aromatic carbocycles. The van der Waals surface area contributed by atoms with Crippen LogP contribution in [-0.4, -0.2) is 9.91 Å². The van der Waals surface area contributed by atoms with E-state index in [0.29, 0.717) is 5.56 Å². The molecule has 21 heavy (non-hydrogen) atoms. The van der Waals surface area contributed by atoms with Gasteiger partial charge in [0.2, 0.25) is 0 Å². The number of nitrogens with one attached hydrogen (secondary N) is 1. The molecule has 0 spiro atoms. The molecule has 5 nitrogen and oxygen atoms in total. The number of rotatable bonds is 5. The van der Waals surface area contributed by atoms with Crippen molar-refractivity contribution in [2.24, 2.45) is 0 Å². The fourth-order valence-corrected chi connectivity index (χ4v) is 3.45. The Balaban J connectivity index is 2.20. The molecule has 2 aromatic rings. The lowest BCUT2D eigenvalue weighted by atomic mass is 10.0. The quantitative estimate of drug-likeness (QED) is 0.667. The van der Waals surface area contributed by atoms with Crippen molar-refractivity contribution in [2.75, 3.05) is 0 Å². The van der Waals surface area contributed by atoms with Crippen molar-refractivity contribution in [2.45, 2.75) is 39.8 Å². The summed E-state index contributed by atoms with van der Waals surface area (Å²) >= 11 is 1.66. The number of hydrogen-bond donors (Lipinski definition) is 1. The normalized spacial score (nSPS) is 13.9. The molecular formula is C15H19N3O2S. The molecule has 1 heterocycles. The Morgan fingerprint density at radius 3 is 2.48 bits per heavy atom. The molecule has 6 heteroatoms. The first-order valence-electron chi connectivity index (χ1n) is 6.83. The molecule has 0 aliphatic carbocycles. The van der Waals surface area contributed by atoms with Crippen LogP contribution in [0.15, 0.2) is 24.3 Å². The Hall–Kier alpha value is -1.79. The van der Waals surface area contributed by atoms with Crippen LogP contribution in [0.2, 0.25) is 0 Å². The lowest BCUT2D eigenvalue weighted by molar-refractivity contribution is -0.385. The van der Waals surface area contributed by atoms with Crippen molar-refractivity contribution >= 4 is 17.0 Å². The van der Waals surface area contributed by atoms with Gasteiger partial charge in [-0.1, -0.05) is 18.2 Å². The Morgan fingerprint density at radius 1 is 1.24 bits per heavy atom. The SMILES string of the molecule is Cc1nc(C)c(C(C)NC(C)c2ccccc2[N+](=O)[O-])s1. The maximum atomic E-state index is 11.1. The van der Waals surface area contributed by atoms with Crippen molar-refractivity contribution in [1.82, 2.24) is 10.3 Å². The van der Waals surface area contributed by atoms with Gasteiger partial charge in [0.15, 0.2) is 0 Å². The van der Waals surface area contributed by atoms with Gasteiger partial charge in [0, 0.05) is 28.6 Å². The van der Waals surface area contributed by atoms with Gasteiger partial charge < -0.3 is 5.32 Å². The summed E-state index contributed by atoms with van der Waals surface area (Å²) in [6.45, 7) is 7.99. The molecule has 0 amide bonds. The van der Waals surface area contributed by atoms with Crippen molar-refractivity contribution in [3.63, 3.8) is 0 Å². The van der Waals surface area contributed by atoms with E-state index in [1.807, 2.05) is 26.8 Å². The van der Waals surface area contributed by atoms with Crippen LogP contribution in [0.3, 0.4) is 0 Å². The molecule has 1 N–H and O–H groups in total. The molecule has 2 atom stereocenters. The summed E-state index contributed by atoms with van der Waals surface area (Å²) in [6, 6.07) is 6.85. The van der Waals surface area contributed by atoms with Crippen molar-refractivity contribution < 1.29 is 4.92 Å². The van der Waals surface area contributed by atoms with E-state index in [-0.39, 0.29) is 22.7 Å². The van der Waals surface area contributed by atoms with Crippen LogP contribution < -0.4 is 5.32 Å². The number of hydrogen-bond acceptors (Lipinski definition) is 5. The smallest absolute Gasteiger partial charge is 0.274 e. The molecule has 2 unspecified atom stereocenters. The van der Waals surface area contributed by atoms with Crippen LogP contribution in [0.25, 0.3) is 0 Å². The predicted octanol–water partition coefficient (Wildman–Crippen LogP) is 4.08. The number of thiazole rings is 1. The Kier molecular flexibility index (Phi) is 4.69. The van der Waals surface area contributed by atoms with Gasteiger partial charge >= 0.3 is 0 Å². The fourth-order valence-electron chi connectivity index (χ4n) is 2.51. The zero-order chi connectivity index (χ0) is 15.6. The molecule has 0 radical (unpaired) electrons. The highest BCUT2D eigenvalue weighted by Crippen LogP contribution is 2.29. The highest BCUT2D eigenvalue weighted by Gasteiger charge is 2.21. The van der Waals surface area contributed by atoms with Crippen molar-refractivity contribution in [3.8, 4) is 0 Å². The van der Waals surface area contributed by atoms with Gasteiger partial charge in [-0.2, -0.15) is 0 Å². The number of aromatic nitrogens is 1. The number of para-hydroxylation sites is 1. The topological polar surface area (TPSA) is 68.1 Å². The van der Waals surface area contributed by atoms with Gasteiger partial charge in [0.05, 0.1) is 15.6 Å². The third-order valence-corrected chi connectivity index (χ3v) is 4.69. The number of nitro groups is 1. The van der Waals surface area contributed by atoms with Gasteiger partial charge in [-0.3, -0.25) is 10.1 Å². The van der Waals surface area contributed by atoms with E-state index in [0.717, 1.165) is 10.7 Å². The van der Waals surface area contributed by atoms with Crippen LogP contribution in [0, 0.1) is 24.0 Å². The second-order valence-electron chi connectivity index (χ2n) is 5.11. The maximum Gasteiger partial charge on any atom is 0.274 e. The van der Waals surface area contributed by atoms with Crippen molar-refractivity contribution in [3.05, 3.63) is 55.5 Å². The molecule has 0 saturated heterocycles. The molecule has 0 fully saturated rings. The summed E-state index contributed by atoms with van der Waals surface area (Å²) in [5.74, 6) is 0. The van der Waals surface area contributed by atoms with Crippen LogP contribution >= 0.6 is 11.3 Å². The van der Waals surface area contributed by atoms with Gasteiger partial charge in [0.1, 0.15) is 0 Å². The minimum Gasteiger partial charge on any atom is -0.303 e.